The van der Waals surface area contributed by atoms with Crippen LogP contribution in [0.2, 0.25) is 0 Å². The summed E-state index contributed by atoms with van der Waals surface area (Å²) in [7, 11) is 0. The lowest BCUT2D eigenvalue weighted by Crippen LogP contribution is -2.28. The van der Waals surface area contributed by atoms with Crippen LogP contribution in [0.4, 0.5) is 10.8 Å². The number of thioether (sulfide) groups is 1. The van der Waals surface area contributed by atoms with Gasteiger partial charge in [-0.1, -0.05) is 41.6 Å². The van der Waals surface area contributed by atoms with Crippen molar-refractivity contribution >= 4 is 45.7 Å². The molecule has 0 saturated carbocycles. The van der Waals surface area contributed by atoms with Gasteiger partial charge in [-0.05, 0) is 32.9 Å². The Morgan fingerprint density at radius 3 is 2.71 bits per heavy atom. The van der Waals surface area contributed by atoms with Crippen LogP contribution in [0, 0.1) is 17.0 Å². The fraction of sp³-hybridized carbons (Fsp3) is 0.240. The third kappa shape index (κ3) is 6.42. The molecule has 0 radical (unpaired) electrons. The van der Waals surface area contributed by atoms with Crippen molar-refractivity contribution in [2.24, 2.45) is 0 Å². The average Bonchev–Trinajstić information content (AvgIpc) is 3.54. The molecule has 11 nitrogen and oxygen atoms in total. The normalized spacial score (nSPS) is 11.7. The Labute approximate surface area is 226 Å². The zero-order valence-electron chi connectivity index (χ0n) is 20.9. The first-order valence-corrected chi connectivity index (χ1v) is 13.5. The number of carbonyl (C=O) groups is 2. The van der Waals surface area contributed by atoms with Gasteiger partial charge in [-0.15, -0.1) is 21.5 Å². The zero-order chi connectivity index (χ0) is 27.2. The van der Waals surface area contributed by atoms with Gasteiger partial charge >= 0.3 is 0 Å². The molecule has 13 heteroatoms. The van der Waals surface area contributed by atoms with Crippen LogP contribution in [0.5, 0.6) is 0 Å². The predicted molar refractivity (Wildman–Crippen MR) is 146 cm³/mol. The van der Waals surface area contributed by atoms with Gasteiger partial charge in [0.15, 0.2) is 16.1 Å². The van der Waals surface area contributed by atoms with Crippen LogP contribution in [0.15, 0.2) is 59.1 Å². The molecule has 38 heavy (non-hydrogen) atoms. The second-order valence-electron chi connectivity index (χ2n) is 8.33. The maximum atomic E-state index is 12.7. The molecule has 0 aliphatic heterocycles. The van der Waals surface area contributed by atoms with Crippen molar-refractivity contribution < 1.29 is 14.5 Å². The summed E-state index contributed by atoms with van der Waals surface area (Å²) in [5.74, 6) is 0.197. The summed E-state index contributed by atoms with van der Waals surface area (Å²) in [5, 5.41) is 27.9. The Bertz CT molecular complexity index is 1480. The number of nitro groups is 1. The number of anilines is 1. The van der Waals surface area contributed by atoms with E-state index in [1.807, 2.05) is 43.5 Å². The topological polar surface area (TPSA) is 145 Å². The Hall–Kier alpha value is -4.10. The Morgan fingerprint density at radius 2 is 1.97 bits per heavy atom. The third-order valence-corrected chi connectivity index (χ3v) is 7.24. The number of carbonyl (C=O) groups excluding carboxylic acids is 2. The third-order valence-electron chi connectivity index (χ3n) is 5.51. The summed E-state index contributed by atoms with van der Waals surface area (Å²) in [5.41, 5.74) is 2.68. The molecule has 2 amide bonds. The van der Waals surface area contributed by atoms with Crippen LogP contribution in [-0.2, 0) is 11.3 Å². The Kier molecular flexibility index (Phi) is 8.48. The van der Waals surface area contributed by atoms with E-state index in [4.69, 9.17) is 0 Å². The number of benzene rings is 2. The SMILES string of the molecule is CCn1c(SCC(=O)Nc2nc(-c3cccc([N+](=O)[O-])c3)cs2)nnc1[C@@H](C)NC(=O)c1cccc(C)c1. The van der Waals surface area contributed by atoms with E-state index in [-0.39, 0.29) is 29.3 Å². The van der Waals surface area contributed by atoms with Gasteiger partial charge in [-0.2, -0.15) is 0 Å². The molecule has 2 N–H and O–H groups in total. The van der Waals surface area contributed by atoms with Crippen molar-refractivity contribution in [1.82, 2.24) is 25.1 Å². The average molecular weight is 552 g/mol. The first-order chi connectivity index (χ1) is 18.2. The number of non-ortho nitro benzene ring substituents is 1. The molecule has 0 bridgehead atoms. The van der Waals surface area contributed by atoms with Gasteiger partial charge in [0.25, 0.3) is 11.6 Å². The van der Waals surface area contributed by atoms with Gasteiger partial charge in [0, 0.05) is 35.2 Å². The largest absolute Gasteiger partial charge is 0.342 e. The number of hydrogen-bond donors (Lipinski definition) is 2. The molecular weight excluding hydrogens is 526 g/mol. The van der Waals surface area contributed by atoms with E-state index in [0.29, 0.717) is 39.5 Å². The van der Waals surface area contributed by atoms with Crippen molar-refractivity contribution in [1.29, 1.82) is 0 Å². The molecular formula is C25H25N7O4S2. The summed E-state index contributed by atoms with van der Waals surface area (Å²) in [6.45, 7) is 6.28. The van der Waals surface area contributed by atoms with E-state index >= 15 is 0 Å². The number of amides is 2. The lowest BCUT2D eigenvalue weighted by atomic mass is 10.1. The summed E-state index contributed by atoms with van der Waals surface area (Å²) >= 11 is 2.46. The smallest absolute Gasteiger partial charge is 0.270 e. The van der Waals surface area contributed by atoms with Crippen LogP contribution < -0.4 is 10.6 Å². The molecule has 2 aromatic carbocycles. The van der Waals surface area contributed by atoms with E-state index in [1.165, 1.54) is 35.2 Å². The van der Waals surface area contributed by atoms with Gasteiger partial charge in [-0.3, -0.25) is 19.7 Å². The summed E-state index contributed by atoms with van der Waals surface area (Å²) < 4.78 is 1.86. The highest BCUT2D eigenvalue weighted by Gasteiger charge is 2.20. The molecule has 0 fully saturated rings. The molecule has 0 unspecified atom stereocenters. The zero-order valence-corrected chi connectivity index (χ0v) is 22.5. The molecule has 4 aromatic rings. The lowest BCUT2D eigenvalue weighted by Gasteiger charge is -2.15. The minimum atomic E-state index is -0.463. The first-order valence-electron chi connectivity index (χ1n) is 11.7. The standard InChI is InChI=1S/C25H25N7O4S2/c1-4-31-22(16(3)26-23(34)18-9-5-7-15(2)11-18)29-30-25(31)38-14-21(33)28-24-27-20(13-37-24)17-8-6-10-19(12-17)32(35)36/h5-13,16H,4,14H2,1-3H3,(H,26,34)(H,27,28,33)/t16-/m1/s1. The monoisotopic (exact) mass is 551 g/mol. The molecule has 4 rings (SSSR count). The second-order valence-corrected chi connectivity index (χ2v) is 10.1. The van der Waals surface area contributed by atoms with Crippen molar-refractivity contribution in [3.63, 3.8) is 0 Å². The number of rotatable bonds is 10. The second kappa shape index (κ2) is 12.0. The minimum absolute atomic E-state index is 0.0269. The Balaban J connectivity index is 1.36. The number of nitro benzene ring substituents is 1. The van der Waals surface area contributed by atoms with Crippen LogP contribution in [0.25, 0.3) is 11.3 Å². The van der Waals surface area contributed by atoms with Gasteiger partial charge in [0.1, 0.15) is 0 Å². The van der Waals surface area contributed by atoms with E-state index < -0.39 is 4.92 Å². The summed E-state index contributed by atoms with van der Waals surface area (Å²) in [6.07, 6.45) is 0. The maximum Gasteiger partial charge on any atom is 0.270 e. The van der Waals surface area contributed by atoms with Crippen molar-refractivity contribution in [3.8, 4) is 11.3 Å². The molecule has 0 aliphatic carbocycles. The molecule has 2 aromatic heterocycles. The molecule has 2 heterocycles. The molecule has 0 saturated heterocycles. The van der Waals surface area contributed by atoms with E-state index in [1.54, 1.807) is 23.6 Å². The van der Waals surface area contributed by atoms with Crippen LogP contribution in [0.1, 0.15) is 41.6 Å². The molecule has 0 aliphatic rings. The number of nitrogens with one attached hydrogen (secondary N) is 2. The molecule has 0 spiro atoms. The van der Waals surface area contributed by atoms with Crippen molar-refractivity contribution in [2.75, 3.05) is 11.1 Å². The fourth-order valence-electron chi connectivity index (χ4n) is 3.68. The van der Waals surface area contributed by atoms with Crippen molar-refractivity contribution in [3.05, 3.63) is 81.0 Å². The number of thiazole rings is 1. The van der Waals surface area contributed by atoms with Crippen LogP contribution >= 0.6 is 23.1 Å². The van der Waals surface area contributed by atoms with Crippen LogP contribution in [-0.4, -0.2) is 42.2 Å². The predicted octanol–water partition coefficient (Wildman–Crippen LogP) is 4.86. The highest BCUT2D eigenvalue weighted by molar-refractivity contribution is 7.99. The first kappa shape index (κ1) is 26.9. The maximum absolute atomic E-state index is 12.7. The quantitative estimate of drug-likeness (QED) is 0.161. The van der Waals surface area contributed by atoms with E-state index in [2.05, 4.69) is 25.8 Å². The molecule has 196 valence electrons. The summed E-state index contributed by atoms with van der Waals surface area (Å²) in [6, 6.07) is 13.1. The highest BCUT2D eigenvalue weighted by atomic mass is 32.2. The number of aromatic nitrogens is 4. The van der Waals surface area contributed by atoms with Gasteiger partial charge in [0.05, 0.1) is 22.4 Å². The molecule has 1 atom stereocenters. The van der Waals surface area contributed by atoms with Gasteiger partial charge < -0.3 is 15.2 Å². The van der Waals surface area contributed by atoms with Crippen molar-refractivity contribution in [2.45, 2.75) is 38.5 Å². The number of aryl methyl sites for hydroxylation is 1. The highest BCUT2D eigenvalue weighted by Crippen LogP contribution is 2.28. The van der Waals surface area contributed by atoms with Gasteiger partial charge in [0.2, 0.25) is 5.91 Å². The lowest BCUT2D eigenvalue weighted by molar-refractivity contribution is -0.384. The number of hydrogen-bond acceptors (Lipinski definition) is 9. The van der Waals surface area contributed by atoms with E-state index in [9.17, 15) is 19.7 Å². The Morgan fingerprint density at radius 1 is 1.18 bits per heavy atom. The number of nitrogens with zero attached hydrogens (tertiary/aromatic N) is 5. The van der Waals surface area contributed by atoms with Gasteiger partial charge in [-0.25, -0.2) is 4.98 Å². The minimum Gasteiger partial charge on any atom is -0.342 e. The fourth-order valence-corrected chi connectivity index (χ4v) is 5.23. The van der Waals surface area contributed by atoms with Crippen LogP contribution in [0.3, 0.4) is 0 Å². The van der Waals surface area contributed by atoms with E-state index in [0.717, 1.165) is 5.56 Å². The summed E-state index contributed by atoms with van der Waals surface area (Å²) in [4.78, 5) is 40.2.